The Morgan fingerprint density at radius 2 is 2.00 bits per heavy atom. The highest BCUT2D eigenvalue weighted by atomic mass is 16.6. The average Bonchev–Trinajstić information content (AvgIpc) is 3.18. The first-order chi connectivity index (χ1) is 14.2. The van der Waals surface area contributed by atoms with E-state index in [9.17, 15) is 4.79 Å². The number of likely N-dealkylation sites (tertiary alicyclic amines) is 1. The van der Waals surface area contributed by atoms with Crippen molar-refractivity contribution in [3.63, 3.8) is 0 Å². The van der Waals surface area contributed by atoms with E-state index in [0.29, 0.717) is 30.3 Å². The second-order valence-electron chi connectivity index (χ2n) is 7.69. The fraction of sp³-hybridized carbons (Fsp3) is 0.364. The van der Waals surface area contributed by atoms with Crippen molar-refractivity contribution < 1.29 is 14.3 Å². The van der Waals surface area contributed by atoms with Gasteiger partial charge in [0.1, 0.15) is 19.0 Å². The third-order valence-electron chi connectivity index (χ3n) is 5.73. The Bertz CT molecular complexity index is 1010. The van der Waals surface area contributed by atoms with Crippen molar-refractivity contribution in [2.45, 2.75) is 24.9 Å². The molecule has 1 amide bonds. The number of ether oxygens (including phenoxy) is 2. The van der Waals surface area contributed by atoms with E-state index in [4.69, 9.17) is 14.5 Å². The number of hydrogen-bond donors (Lipinski definition) is 2. The molecule has 3 heterocycles. The van der Waals surface area contributed by atoms with Gasteiger partial charge >= 0.3 is 0 Å². The zero-order valence-electron chi connectivity index (χ0n) is 16.4. The molecule has 150 valence electrons. The summed E-state index contributed by atoms with van der Waals surface area (Å²) in [5.41, 5.74) is 2.60. The lowest BCUT2D eigenvalue weighted by Gasteiger charge is -2.36. The number of piperidine rings is 1. The van der Waals surface area contributed by atoms with Gasteiger partial charge in [0.2, 0.25) is 0 Å². The van der Waals surface area contributed by atoms with Crippen LogP contribution in [0.2, 0.25) is 0 Å². The predicted molar refractivity (Wildman–Crippen MR) is 109 cm³/mol. The summed E-state index contributed by atoms with van der Waals surface area (Å²) in [5, 5.41) is 3.19. The van der Waals surface area contributed by atoms with E-state index in [1.54, 1.807) is 18.2 Å². The van der Waals surface area contributed by atoms with Gasteiger partial charge in [0.05, 0.1) is 17.1 Å². The number of H-pyrrole nitrogens is 1. The molecule has 1 fully saturated rings. The molecule has 2 aromatic carbocycles. The number of amides is 1. The van der Waals surface area contributed by atoms with Crippen LogP contribution in [0.1, 0.15) is 35.1 Å². The second-order valence-corrected chi connectivity index (χ2v) is 7.69. The Kier molecular flexibility index (Phi) is 4.60. The summed E-state index contributed by atoms with van der Waals surface area (Å²) in [6, 6.07) is 13.6. The van der Waals surface area contributed by atoms with E-state index in [1.165, 1.54) is 0 Å². The number of aromatic nitrogens is 2. The largest absolute Gasteiger partial charge is 0.486 e. The molecule has 1 unspecified atom stereocenters. The zero-order valence-corrected chi connectivity index (χ0v) is 16.4. The molecule has 7 nitrogen and oxygen atoms in total. The van der Waals surface area contributed by atoms with Gasteiger partial charge in [-0.3, -0.25) is 9.69 Å². The number of hydrogen-bond acceptors (Lipinski definition) is 5. The van der Waals surface area contributed by atoms with Crippen molar-refractivity contribution in [3.05, 3.63) is 53.9 Å². The van der Waals surface area contributed by atoms with Crippen LogP contribution in [0.4, 0.5) is 0 Å². The average molecular weight is 392 g/mol. The van der Waals surface area contributed by atoms with Crippen molar-refractivity contribution in [2.24, 2.45) is 0 Å². The van der Waals surface area contributed by atoms with Crippen molar-refractivity contribution in [1.82, 2.24) is 20.2 Å². The van der Waals surface area contributed by atoms with Crippen molar-refractivity contribution >= 4 is 16.9 Å². The quantitative estimate of drug-likeness (QED) is 0.717. The lowest BCUT2D eigenvalue weighted by atomic mass is 9.96. The molecule has 0 saturated carbocycles. The molecule has 2 aliphatic rings. The molecule has 3 aromatic rings. The molecule has 2 atom stereocenters. The molecular weight excluding hydrogens is 368 g/mol. The van der Waals surface area contributed by atoms with Gasteiger partial charge in [-0.15, -0.1) is 0 Å². The third kappa shape index (κ3) is 3.53. The normalized spacial score (nSPS) is 21.8. The van der Waals surface area contributed by atoms with E-state index >= 15 is 0 Å². The maximum absolute atomic E-state index is 12.8. The van der Waals surface area contributed by atoms with Gasteiger partial charge in [-0.2, -0.15) is 0 Å². The fourth-order valence-corrected chi connectivity index (χ4v) is 4.12. The molecule has 0 radical (unpaired) electrons. The highest BCUT2D eigenvalue weighted by Gasteiger charge is 2.30. The summed E-state index contributed by atoms with van der Waals surface area (Å²) in [5.74, 6) is 2.19. The van der Waals surface area contributed by atoms with Crippen LogP contribution in [0, 0.1) is 0 Å². The fourth-order valence-electron chi connectivity index (χ4n) is 4.12. The summed E-state index contributed by atoms with van der Waals surface area (Å²) in [4.78, 5) is 23.3. The number of rotatable bonds is 3. The van der Waals surface area contributed by atoms with Crippen molar-refractivity contribution in [1.29, 1.82) is 0 Å². The maximum Gasteiger partial charge on any atom is 0.251 e. The molecule has 5 rings (SSSR count). The van der Waals surface area contributed by atoms with Gasteiger partial charge in [0, 0.05) is 18.2 Å². The number of para-hydroxylation sites is 2. The number of imidazole rings is 1. The molecule has 0 bridgehead atoms. The second kappa shape index (κ2) is 7.40. The first-order valence-corrected chi connectivity index (χ1v) is 10.0. The Hall–Kier alpha value is -3.06. The number of carbonyl (C=O) groups excluding carboxylic acids is 1. The Labute approximate surface area is 169 Å². The molecule has 29 heavy (non-hydrogen) atoms. The minimum Gasteiger partial charge on any atom is -0.486 e. The van der Waals surface area contributed by atoms with Gasteiger partial charge < -0.3 is 19.8 Å². The molecule has 1 saturated heterocycles. The van der Waals surface area contributed by atoms with Crippen molar-refractivity contribution in [3.8, 4) is 11.5 Å². The number of fused-ring (bicyclic) bond motifs is 2. The highest BCUT2D eigenvalue weighted by molar-refractivity contribution is 5.95. The van der Waals surface area contributed by atoms with Gasteiger partial charge in [0.15, 0.2) is 11.5 Å². The SMILES string of the molecule is CN1CCC(NC(=O)c2ccc3c(c2)OCCO3)C[C@@H]1c1nc2ccccc2[nH]1. The molecule has 7 heteroatoms. The summed E-state index contributed by atoms with van der Waals surface area (Å²) < 4.78 is 11.1. The van der Waals surface area contributed by atoms with Crippen LogP contribution >= 0.6 is 0 Å². The molecule has 0 spiro atoms. The van der Waals surface area contributed by atoms with E-state index in [2.05, 4.69) is 22.2 Å². The monoisotopic (exact) mass is 392 g/mol. The van der Waals surface area contributed by atoms with Gasteiger partial charge in [-0.1, -0.05) is 12.1 Å². The van der Waals surface area contributed by atoms with E-state index in [0.717, 1.165) is 36.2 Å². The van der Waals surface area contributed by atoms with Crippen LogP contribution in [0.3, 0.4) is 0 Å². The third-order valence-corrected chi connectivity index (χ3v) is 5.73. The Morgan fingerprint density at radius 1 is 1.17 bits per heavy atom. The molecule has 2 N–H and O–H groups in total. The van der Waals surface area contributed by atoms with Crippen LogP contribution < -0.4 is 14.8 Å². The topological polar surface area (TPSA) is 79.5 Å². The maximum atomic E-state index is 12.8. The van der Waals surface area contributed by atoms with Crippen LogP contribution in [0.25, 0.3) is 11.0 Å². The summed E-state index contributed by atoms with van der Waals surface area (Å²) in [7, 11) is 2.11. The predicted octanol–water partition coefficient (Wildman–Crippen LogP) is 2.90. The summed E-state index contributed by atoms with van der Waals surface area (Å²) in [6.07, 6.45) is 1.72. The van der Waals surface area contributed by atoms with Crippen LogP contribution in [0.15, 0.2) is 42.5 Å². The lowest BCUT2D eigenvalue weighted by molar-refractivity contribution is 0.0883. The number of aromatic amines is 1. The summed E-state index contributed by atoms with van der Waals surface area (Å²) >= 11 is 0. The molecular formula is C22H24N4O3. The summed E-state index contributed by atoms with van der Waals surface area (Å²) in [6.45, 7) is 1.94. The lowest BCUT2D eigenvalue weighted by Crippen LogP contribution is -2.45. The highest BCUT2D eigenvalue weighted by Crippen LogP contribution is 2.32. The molecule has 2 aliphatic heterocycles. The van der Waals surface area contributed by atoms with Gasteiger partial charge in [-0.05, 0) is 50.2 Å². The van der Waals surface area contributed by atoms with Crippen molar-refractivity contribution in [2.75, 3.05) is 26.8 Å². The van der Waals surface area contributed by atoms with Gasteiger partial charge in [0.25, 0.3) is 5.91 Å². The first kappa shape index (κ1) is 18.0. The van der Waals surface area contributed by atoms with Crippen LogP contribution in [0.5, 0.6) is 11.5 Å². The molecule has 0 aliphatic carbocycles. The minimum atomic E-state index is -0.0834. The Balaban J connectivity index is 1.30. The van der Waals surface area contributed by atoms with Crippen LogP contribution in [-0.4, -0.2) is 53.6 Å². The smallest absolute Gasteiger partial charge is 0.251 e. The number of nitrogens with zero attached hydrogens (tertiary/aromatic N) is 2. The van der Waals surface area contributed by atoms with Crippen LogP contribution in [-0.2, 0) is 0 Å². The molecule has 1 aromatic heterocycles. The number of benzene rings is 2. The zero-order chi connectivity index (χ0) is 19.8. The van der Waals surface area contributed by atoms with E-state index in [-0.39, 0.29) is 18.0 Å². The first-order valence-electron chi connectivity index (χ1n) is 10.0. The minimum absolute atomic E-state index is 0.0834. The van der Waals surface area contributed by atoms with Gasteiger partial charge in [-0.25, -0.2) is 4.98 Å². The number of carbonyl (C=O) groups is 1. The van der Waals surface area contributed by atoms with E-state index in [1.807, 2.05) is 24.3 Å². The number of nitrogens with one attached hydrogen (secondary N) is 2. The standard InChI is InChI=1S/C22H24N4O3/c1-26-9-8-15(13-18(26)21-24-16-4-2-3-5-17(16)25-21)23-22(27)14-6-7-19-20(12-14)29-11-10-28-19/h2-7,12,15,18H,8-11,13H2,1H3,(H,23,27)(H,24,25)/t15?,18-/m1/s1. The van der Waals surface area contributed by atoms with E-state index < -0.39 is 0 Å². The Morgan fingerprint density at radius 3 is 2.86 bits per heavy atom.